The summed E-state index contributed by atoms with van der Waals surface area (Å²) in [7, 11) is 0. The zero-order valence-corrected chi connectivity index (χ0v) is 14.9. The first kappa shape index (κ1) is 17.1. The van der Waals surface area contributed by atoms with Gasteiger partial charge in [-0.25, -0.2) is 4.98 Å². The third-order valence-electron chi connectivity index (χ3n) is 4.95. The van der Waals surface area contributed by atoms with Gasteiger partial charge in [-0.05, 0) is 37.5 Å². The van der Waals surface area contributed by atoms with E-state index in [9.17, 15) is 4.79 Å². The van der Waals surface area contributed by atoms with Crippen molar-refractivity contribution in [3.8, 4) is 11.5 Å². The van der Waals surface area contributed by atoms with Gasteiger partial charge in [-0.2, -0.15) is 0 Å². The van der Waals surface area contributed by atoms with Crippen molar-refractivity contribution < 1.29 is 13.7 Å². The summed E-state index contributed by atoms with van der Waals surface area (Å²) in [6, 6.07) is 5.43. The Morgan fingerprint density at radius 2 is 2.15 bits per heavy atom. The first-order valence-corrected chi connectivity index (χ1v) is 8.60. The SMILES string of the molecule is Cl.N[C@@H]1CCN(C(=O)c2cc(-c3ccco3)nc3onc(C4CC4)c23)C1. The molecule has 1 saturated carbocycles. The van der Waals surface area contributed by atoms with Crippen LogP contribution in [0.3, 0.4) is 0 Å². The van der Waals surface area contributed by atoms with Gasteiger partial charge < -0.3 is 19.6 Å². The minimum Gasteiger partial charge on any atom is -0.463 e. The summed E-state index contributed by atoms with van der Waals surface area (Å²) in [5, 5.41) is 4.94. The van der Waals surface area contributed by atoms with E-state index in [0.29, 0.717) is 41.7 Å². The van der Waals surface area contributed by atoms with Gasteiger partial charge in [0.05, 0.1) is 22.9 Å². The lowest BCUT2D eigenvalue weighted by Gasteiger charge is -2.16. The van der Waals surface area contributed by atoms with Crippen molar-refractivity contribution in [2.75, 3.05) is 13.1 Å². The normalized spacial score (nSPS) is 19.7. The van der Waals surface area contributed by atoms with E-state index in [4.69, 9.17) is 14.7 Å². The third-order valence-corrected chi connectivity index (χ3v) is 4.95. The maximum absolute atomic E-state index is 13.2. The minimum absolute atomic E-state index is 0. The summed E-state index contributed by atoms with van der Waals surface area (Å²) < 4.78 is 10.9. The smallest absolute Gasteiger partial charge is 0.259 e. The van der Waals surface area contributed by atoms with Gasteiger partial charge in [0, 0.05) is 25.0 Å². The van der Waals surface area contributed by atoms with E-state index < -0.39 is 0 Å². The number of nitrogens with zero attached hydrogens (tertiary/aromatic N) is 3. The molecule has 2 aliphatic rings. The predicted octanol–water partition coefficient (Wildman–Crippen LogP) is 2.96. The fourth-order valence-corrected chi connectivity index (χ4v) is 3.47. The summed E-state index contributed by atoms with van der Waals surface area (Å²) in [6.07, 6.45) is 4.55. The average Bonchev–Trinajstić information content (AvgIpc) is 3.05. The van der Waals surface area contributed by atoms with Crippen LogP contribution in [0.1, 0.15) is 41.2 Å². The standard InChI is InChI=1S/C18H18N4O3.ClH/c19-11-5-6-22(9-11)18(23)12-8-13(14-2-1-7-24-14)20-17-15(12)16(21-25-17)10-3-4-10;/h1-2,7-8,10-11H,3-6,9,19H2;1H/t11-;/m1./s1. The van der Waals surface area contributed by atoms with Crippen molar-refractivity contribution in [2.45, 2.75) is 31.2 Å². The minimum atomic E-state index is -0.0433. The van der Waals surface area contributed by atoms with Crippen LogP contribution in [-0.2, 0) is 0 Å². The van der Waals surface area contributed by atoms with Gasteiger partial charge in [0.25, 0.3) is 11.6 Å². The lowest BCUT2D eigenvalue weighted by Crippen LogP contribution is -2.32. The van der Waals surface area contributed by atoms with Gasteiger partial charge in [-0.3, -0.25) is 4.79 Å². The van der Waals surface area contributed by atoms with E-state index in [-0.39, 0.29) is 24.4 Å². The highest BCUT2D eigenvalue weighted by Gasteiger charge is 2.34. The summed E-state index contributed by atoms with van der Waals surface area (Å²) in [4.78, 5) is 19.5. The van der Waals surface area contributed by atoms with E-state index in [1.165, 1.54) is 0 Å². The third kappa shape index (κ3) is 2.77. The van der Waals surface area contributed by atoms with Crippen molar-refractivity contribution >= 4 is 29.4 Å². The first-order chi connectivity index (χ1) is 12.2. The maximum Gasteiger partial charge on any atom is 0.259 e. The number of carbonyl (C=O) groups excluding carboxylic acids is 1. The second-order valence-electron chi connectivity index (χ2n) is 6.85. The van der Waals surface area contributed by atoms with Crippen molar-refractivity contribution in [3.05, 3.63) is 35.7 Å². The molecule has 3 aromatic rings. The number of likely N-dealkylation sites (tertiary alicyclic amines) is 1. The van der Waals surface area contributed by atoms with Crippen LogP contribution in [0.4, 0.5) is 0 Å². The zero-order chi connectivity index (χ0) is 17.0. The molecule has 2 N–H and O–H groups in total. The van der Waals surface area contributed by atoms with Crippen LogP contribution in [0, 0.1) is 0 Å². The fourth-order valence-electron chi connectivity index (χ4n) is 3.47. The Morgan fingerprint density at radius 1 is 1.31 bits per heavy atom. The molecule has 26 heavy (non-hydrogen) atoms. The van der Waals surface area contributed by atoms with Gasteiger partial charge in [0.2, 0.25) is 0 Å². The van der Waals surface area contributed by atoms with Crippen LogP contribution in [-0.4, -0.2) is 40.1 Å². The van der Waals surface area contributed by atoms with Gasteiger partial charge in [0.15, 0.2) is 5.76 Å². The molecule has 2 fully saturated rings. The fraction of sp³-hybridized carbons (Fsp3) is 0.389. The van der Waals surface area contributed by atoms with E-state index in [1.807, 2.05) is 6.07 Å². The largest absolute Gasteiger partial charge is 0.463 e. The van der Waals surface area contributed by atoms with Gasteiger partial charge >= 0.3 is 0 Å². The lowest BCUT2D eigenvalue weighted by molar-refractivity contribution is 0.0792. The Kier molecular flexibility index (Phi) is 4.20. The number of halogens is 1. The number of nitrogens with two attached hydrogens (primary N) is 1. The highest BCUT2D eigenvalue weighted by molar-refractivity contribution is 6.07. The van der Waals surface area contributed by atoms with Crippen molar-refractivity contribution in [1.82, 2.24) is 15.0 Å². The molecular formula is C18H19ClN4O3. The number of carbonyl (C=O) groups is 1. The number of amides is 1. The van der Waals surface area contributed by atoms with Crippen molar-refractivity contribution in [2.24, 2.45) is 5.73 Å². The van der Waals surface area contributed by atoms with Gasteiger partial charge in [0.1, 0.15) is 5.69 Å². The molecule has 0 aromatic carbocycles. The molecule has 7 nitrogen and oxygen atoms in total. The van der Waals surface area contributed by atoms with Gasteiger partial charge in [-0.1, -0.05) is 5.16 Å². The van der Waals surface area contributed by atoms with Gasteiger partial charge in [-0.15, -0.1) is 12.4 Å². The van der Waals surface area contributed by atoms with Crippen LogP contribution >= 0.6 is 12.4 Å². The number of hydrogen-bond donors (Lipinski definition) is 1. The number of pyridine rings is 1. The first-order valence-electron chi connectivity index (χ1n) is 8.60. The van der Waals surface area contributed by atoms with Crippen molar-refractivity contribution in [3.63, 3.8) is 0 Å². The molecular weight excluding hydrogens is 356 g/mol. The molecule has 1 saturated heterocycles. The molecule has 0 radical (unpaired) electrons. The molecule has 0 bridgehead atoms. The highest BCUT2D eigenvalue weighted by atomic mass is 35.5. The highest BCUT2D eigenvalue weighted by Crippen LogP contribution is 2.43. The molecule has 0 spiro atoms. The summed E-state index contributed by atoms with van der Waals surface area (Å²) in [5.74, 6) is 0.918. The van der Waals surface area contributed by atoms with E-state index in [1.54, 1.807) is 23.3 Å². The quantitative estimate of drug-likeness (QED) is 0.756. The number of hydrogen-bond acceptors (Lipinski definition) is 6. The van der Waals surface area contributed by atoms with Crippen LogP contribution in [0.5, 0.6) is 0 Å². The number of aromatic nitrogens is 2. The zero-order valence-electron chi connectivity index (χ0n) is 14.1. The molecule has 1 aliphatic carbocycles. The predicted molar refractivity (Wildman–Crippen MR) is 97.2 cm³/mol. The molecule has 1 amide bonds. The van der Waals surface area contributed by atoms with E-state index >= 15 is 0 Å². The molecule has 1 aliphatic heterocycles. The Labute approximate surface area is 155 Å². The summed E-state index contributed by atoms with van der Waals surface area (Å²) >= 11 is 0. The number of fused-ring (bicyclic) bond motifs is 1. The molecule has 0 unspecified atom stereocenters. The molecule has 136 valence electrons. The molecule has 5 rings (SSSR count). The monoisotopic (exact) mass is 374 g/mol. The summed E-state index contributed by atoms with van der Waals surface area (Å²) in [5.41, 5.74) is 8.37. The summed E-state index contributed by atoms with van der Waals surface area (Å²) in [6.45, 7) is 1.24. The molecule has 3 aromatic heterocycles. The second-order valence-corrected chi connectivity index (χ2v) is 6.85. The molecule has 1 atom stereocenters. The Balaban J connectivity index is 0.00000168. The van der Waals surface area contributed by atoms with Crippen molar-refractivity contribution in [1.29, 1.82) is 0 Å². The van der Waals surface area contributed by atoms with Crippen LogP contribution in [0.25, 0.3) is 22.6 Å². The molecule has 4 heterocycles. The number of rotatable bonds is 3. The van der Waals surface area contributed by atoms with Crippen LogP contribution in [0.15, 0.2) is 33.4 Å². The molecule has 8 heteroatoms. The Morgan fingerprint density at radius 3 is 2.81 bits per heavy atom. The topological polar surface area (TPSA) is 98.4 Å². The van der Waals surface area contributed by atoms with Crippen LogP contribution < -0.4 is 5.73 Å². The van der Waals surface area contributed by atoms with Crippen LogP contribution in [0.2, 0.25) is 0 Å². The Hall–Kier alpha value is -2.38. The van der Waals surface area contributed by atoms with E-state index in [0.717, 1.165) is 30.3 Å². The Bertz CT molecular complexity index is 949. The maximum atomic E-state index is 13.2. The van der Waals surface area contributed by atoms with E-state index in [2.05, 4.69) is 10.1 Å². The number of furan rings is 1. The lowest BCUT2D eigenvalue weighted by atomic mass is 10.1. The average molecular weight is 375 g/mol. The second kappa shape index (κ2) is 6.41.